The van der Waals surface area contributed by atoms with E-state index in [0.717, 1.165) is 38.2 Å². The molecule has 0 atom stereocenters. The maximum absolute atomic E-state index is 5.03. The molecule has 1 fully saturated rings. The van der Waals surface area contributed by atoms with Gasteiger partial charge in [-0.1, -0.05) is 12.8 Å². The molecule has 5 nitrogen and oxygen atoms in total. The van der Waals surface area contributed by atoms with Gasteiger partial charge in [0.25, 0.3) is 0 Å². The predicted molar refractivity (Wildman–Crippen MR) is 80.7 cm³/mol. The van der Waals surface area contributed by atoms with Crippen molar-refractivity contribution < 1.29 is 4.74 Å². The molecule has 0 amide bonds. The van der Waals surface area contributed by atoms with E-state index in [2.05, 4.69) is 34.5 Å². The maximum Gasteiger partial charge on any atom is 0.191 e. The van der Waals surface area contributed by atoms with Crippen LogP contribution in [0, 0.1) is 0 Å². The van der Waals surface area contributed by atoms with Crippen LogP contribution in [-0.2, 0) is 4.74 Å². The topological polar surface area (TPSA) is 48.9 Å². The Hall–Kier alpha value is -0.810. The molecule has 0 radical (unpaired) electrons. The zero-order valence-corrected chi connectivity index (χ0v) is 12.7. The molecule has 0 aromatic rings. The van der Waals surface area contributed by atoms with E-state index in [4.69, 9.17) is 4.74 Å². The van der Waals surface area contributed by atoms with Crippen molar-refractivity contribution in [3.63, 3.8) is 0 Å². The lowest BCUT2D eigenvalue weighted by atomic mass is 10.2. The summed E-state index contributed by atoms with van der Waals surface area (Å²) < 4.78 is 5.03. The molecule has 112 valence electrons. The van der Waals surface area contributed by atoms with Crippen LogP contribution >= 0.6 is 0 Å². The molecule has 0 bridgehead atoms. The lowest BCUT2D eigenvalue weighted by Crippen LogP contribution is -2.39. The first-order chi connectivity index (χ1) is 9.27. The van der Waals surface area contributed by atoms with Crippen LogP contribution in [0.3, 0.4) is 0 Å². The normalized spacial score (nSPS) is 17.2. The third kappa shape index (κ3) is 6.78. The molecule has 19 heavy (non-hydrogen) atoms. The fourth-order valence-electron chi connectivity index (χ4n) is 2.46. The Labute approximate surface area is 117 Å². The molecule has 0 spiro atoms. The zero-order chi connectivity index (χ0) is 13.9. The Kier molecular flexibility index (Phi) is 8.58. The van der Waals surface area contributed by atoms with Crippen molar-refractivity contribution in [1.82, 2.24) is 15.5 Å². The largest absolute Gasteiger partial charge is 0.383 e. The summed E-state index contributed by atoms with van der Waals surface area (Å²) >= 11 is 0. The summed E-state index contributed by atoms with van der Waals surface area (Å²) in [5.74, 6) is 0.888. The number of aliphatic imine (C=N–C) groups is 1. The molecule has 0 unspecified atom stereocenters. The summed E-state index contributed by atoms with van der Waals surface area (Å²) in [5.41, 5.74) is 0. The highest BCUT2D eigenvalue weighted by Crippen LogP contribution is 2.21. The third-order valence-corrected chi connectivity index (χ3v) is 3.61. The zero-order valence-electron chi connectivity index (χ0n) is 12.7. The fourth-order valence-corrected chi connectivity index (χ4v) is 2.46. The van der Waals surface area contributed by atoms with Crippen molar-refractivity contribution in [3.8, 4) is 0 Å². The number of ether oxygens (including phenoxy) is 1. The fraction of sp³-hybridized carbons (Fsp3) is 0.929. The van der Waals surface area contributed by atoms with Gasteiger partial charge in [0, 0.05) is 32.8 Å². The van der Waals surface area contributed by atoms with E-state index < -0.39 is 0 Å². The lowest BCUT2D eigenvalue weighted by Gasteiger charge is -2.23. The van der Waals surface area contributed by atoms with Crippen molar-refractivity contribution in [3.05, 3.63) is 0 Å². The van der Waals surface area contributed by atoms with Crippen LogP contribution in [0.4, 0.5) is 0 Å². The van der Waals surface area contributed by atoms with Gasteiger partial charge in [0.15, 0.2) is 5.96 Å². The molecule has 2 N–H and O–H groups in total. The highest BCUT2D eigenvalue weighted by Gasteiger charge is 2.18. The van der Waals surface area contributed by atoms with Crippen LogP contribution in [0.25, 0.3) is 0 Å². The molecule has 1 saturated carbocycles. The van der Waals surface area contributed by atoms with Crippen LogP contribution in [0.2, 0.25) is 0 Å². The van der Waals surface area contributed by atoms with Crippen LogP contribution in [0.15, 0.2) is 4.99 Å². The van der Waals surface area contributed by atoms with E-state index in [1.165, 1.54) is 25.7 Å². The third-order valence-electron chi connectivity index (χ3n) is 3.61. The van der Waals surface area contributed by atoms with Crippen LogP contribution < -0.4 is 10.6 Å². The summed E-state index contributed by atoms with van der Waals surface area (Å²) in [6.45, 7) is 6.34. The first-order valence-electron chi connectivity index (χ1n) is 7.49. The molecule has 0 aromatic heterocycles. The van der Waals surface area contributed by atoms with Gasteiger partial charge in [-0.3, -0.25) is 4.99 Å². The van der Waals surface area contributed by atoms with Gasteiger partial charge < -0.3 is 20.3 Å². The van der Waals surface area contributed by atoms with Crippen molar-refractivity contribution in [2.75, 3.05) is 46.9 Å². The Bertz CT molecular complexity index is 252. The Morgan fingerprint density at radius 1 is 1.32 bits per heavy atom. The van der Waals surface area contributed by atoms with Gasteiger partial charge in [-0.15, -0.1) is 0 Å². The van der Waals surface area contributed by atoms with E-state index in [0.29, 0.717) is 6.61 Å². The number of hydrogen-bond donors (Lipinski definition) is 2. The standard InChI is InChI=1S/C14H30N4O/c1-4-15-14(17-10-12-19-3)16-9-11-18(2)13-7-5-6-8-13/h13H,4-12H2,1-3H3,(H2,15,16,17). The van der Waals surface area contributed by atoms with Gasteiger partial charge in [0.1, 0.15) is 0 Å². The van der Waals surface area contributed by atoms with Crippen molar-refractivity contribution >= 4 is 5.96 Å². The molecule has 0 aliphatic heterocycles. The van der Waals surface area contributed by atoms with Gasteiger partial charge in [0.05, 0.1) is 13.2 Å². The van der Waals surface area contributed by atoms with Crippen LogP contribution in [-0.4, -0.2) is 63.8 Å². The summed E-state index contributed by atoms with van der Waals surface area (Å²) in [6.07, 6.45) is 5.48. The van der Waals surface area contributed by atoms with Crippen molar-refractivity contribution in [1.29, 1.82) is 0 Å². The van der Waals surface area contributed by atoms with Gasteiger partial charge in [0.2, 0.25) is 0 Å². The minimum Gasteiger partial charge on any atom is -0.383 e. The van der Waals surface area contributed by atoms with E-state index in [9.17, 15) is 0 Å². The first kappa shape index (κ1) is 16.2. The number of nitrogens with zero attached hydrogens (tertiary/aromatic N) is 2. The second-order valence-electron chi connectivity index (χ2n) is 5.10. The number of likely N-dealkylation sites (N-methyl/N-ethyl adjacent to an activating group) is 1. The Morgan fingerprint density at radius 2 is 2.05 bits per heavy atom. The quantitative estimate of drug-likeness (QED) is 0.393. The number of hydrogen-bond acceptors (Lipinski definition) is 3. The van der Waals surface area contributed by atoms with Crippen LogP contribution in [0.1, 0.15) is 32.6 Å². The number of nitrogens with one attached hydrogen (secondary N) is 2. The van der Waals surface area contributed by atoms with Gasteiger partial charge >= 0.3 is 0 Å². The summed E-state index contributed by atoms with van der Waals surface area (Å²) in [5, 5.41) is 6.51. The average molecular weight is 270 g/mol. The minimum absolute atomic E-state index is 0.701. The highest BCUT2D eigenvalue weighted by atomic mass is 16.5. The number of methoxy groups -OCH3 is 1. The van der Waals surface area contributed by atoms with E-state index in [-0.39, 0.29) is 0 Å². The second-order valence-corrected chi connectivity index (χ2v) is 5.10. The molecule has 1 rings (SSSR count). The number of guanidine groups is 1. The van der Waals surface area contributed by atoms with E-state index >= 15 is 0 Å². The molecule has 1 aliphatic rings. The summed E-state index contributed by atoms with van der Waals surface area (Å²) in [6, 6.07) is 0.777. The van der Waals surface area contributed by atoms with E-state index in [1.54, 1.807) is 7.11 Å². The monoisotopic (exact) mass is 270 g/mol. The van der Waals surface area contributed by atoms with Gasteiger partial charge in [-0.2, -0.15) is 0 Å². The van der Waals surface area contributed by atoms with Crippen LogP contribution in [0.5, 0.6) is 0 Å². The Balaban J connectivity index is 2.24. The number of rotatable bonds is 8. The Morgan fingerprint density at radius 3 is 2.68 bits per heavy atom. The van der Waals surface area contributed by atoms with Gasteiger partial charge in [-0.25, -0.2) is 0 Å². The SMILES string of the molecule is CCNC(=NCCN(C)C1CCCC1)NCCOC. The molecule has 5 heteroatoms. The molecule has 1 aliphatic carbocycles. The summed E-state index contributed by atoms with van der Waals surface area (Å²) in [7, 11) is 3.93. The molecule has 0 aromatic carbocycles. The second kappa shape index (κ2) is 10.0. The van der Waals surface area contributed by atoms with Crippen molar-refractivity contribution in [2.45, 2.75) is 38.6 Å². The van der Waals surface area contributed by atoms with E-state index in [1.807, 2.05) is 0 Å². The highest BCUT2D eigenvalue weighted by molar-refractivity contribution is 5.79. The van der Waals surface area contributed by atoms with Crippen molar-refractivity contribution in [2.24, 2.45) is 4.99 Å². The summed E-state index contributed by atoms with van der Waals surface area (Å²) in [4.78, 5) is 7.05. The molecular formula is C14H30N4O. The molecule has 0 saturated heterocycles. The first-order valence-corrected chi connectivity index (χ1v) is 7.49. The smallest absolute Gasteiger partial charge is 0.191 e. The maximum atomic E-state index is 5.03. The van der Waals surface area contributed by atoms with Gasteiger partial charge in [-0.05, 0) is 26.8 Å². The molecule has 0 heterocycles. The molecular weight excluding hydrogens is 240 g/mol. The lowest BCUT2D eigenvalue weighted by molar-refractivity contribution is 0.203. The minimum atomic E-state index is 0.701. The average Bonchev–Trinajstić information content (AvgIpc) is 2.93. The predicted octanol–water partition coefficient (Wildman–Crippen LogP) is 1.06.